The summed E-state index contributed by atoms with van der Waals surface area (Å²) in [6, 6.07) is 7.46. The lowest BCUT2D eigenvalue weighted by atomic mass is 10.1. The quantitative estimate of drug-likeness (QED) is 0.734. The molecule has 1 amide bonds. The number of amides is 1. The molecule has 1 saturated carbocycles. The van der Waals surface area contributed by atoms with Crippen molar-refractivity contribution in [3.8, 4) is 0 Å². The number of anilines is 1. The van der Waals surface area contributed by atoms with Gasteiger partial charge in [0.1, 0.15) is 0 Å². The largest absolute Gasteiger partial charge is 0.315 e. The van der Waals surface area contributed by atoms with Crippen molar-refractivity contribution in [1.82, 2.24) is 0 Å². The topological polar surface area (TPSA) is 20.3 Å². The Labute approximate surface area is 101 Å². The minimum atomic E-state index is 0.657. The molecule has 1 aliphatic rings. The molecule has 1 aromatic carbocycles. The van der Waals surface area contributed by atoms with Gasteiger partial charge in [-0.3, -0.25) is 4.79 Å². The van der Waals surface area contributed by atoms with E-state index in [4.69, 9.17) is 11.6 Å². The summed E-state index contributed by atoms with van der Waals surface area (Å²) in [5, 5.41) is 0.677. The number of hydrogen-bond donors (Lipinski definition) is 0. The number of rotatable bonds is 4. The second kappa shape index (κ2) is 5.35. The number of benzene rings is 1. The molecule has 2 rings (SSSR count). The summed E-state index contributed by atoms with van der Waals surface area (Å²) >= 11 is 5.92. The minimum absolute atomic E-state index is 0.657. The highest BCUT2D eigenvalue weighted by Crippen LogP contribution is 2.27. The molecule has 3 heteroatoms. The molecular weight excluding hydrogens is 222 g/mol. The third-order valence-corrected chi connectivity index (χ3v) is 3.43. The van der Waals surface area contributed by atoms with Crippen molar-refractivity contribution >= 4 is 23.7 Å². The zero-order valence-corrected chi connectivity index (χ0v) is 9.99. The fraction of sp³-hybridized carbons (Fsp3) is 0.462. The van der Waals surface area contributed by atoms with Crippen molar-refractivity contribution in [1.29, 1.82) is 0 Å². The monoisotopic (exact) mass is 237 g/mol. The van der Waals surface area contributed by atoms with E-state index in [2.05, 4.69) is 0 Å². The molecule has 1 aliphatic carbocycles. The average Bonchev–Trinajstić information content (AvgIpc) is 2.78. The maximum absolute atomic E-state index is 11.1. The molecule has 0 aromatic heterocycles. The van der Waals surface area contributed by atoms with Gasteiger partial charge < -0.3 is 4.90 Å². The van der Waals surface area contributed by atoms with E-state index in [0.717, 1.165) is 18.6 Å². The van der Waals surface area contributed by atoms with Gasteiger partial charge in [-0.25, -0.2) is 0 Å². The zero-order valence-electron chi connectivity index (χ0n) is 9.23. The molecule has 16 heavy (non-hydrogen) atoms. The van der Waals surface area contributed by atoms with Crippen molar-refractivity contribution in [2.45, 2.75) is 25.7 Å². The summed E-state index contributed by atoms with van der Waals surface area (Å²) in [5.41, 5.74) is 0.898. The van der Waals surface area contributed by atoms with Gasteiger partial charge in [0, 0.05) is 17.3 Å². The van der Waals surface area contributed by atoms with Gasteiger partial charge in [-0.05, 0) is 37.0 Å². The van der Waals surface area contributed by atoms with Crippen LogP contribution in [0.1, 0.15) is 25.7 Å². The van der Waals surface area contributed by atoms with Gasteiger partial charge in [0.05, 0.1) is 0 Å². The lowest BCUT2D eigenvalue weighted by Gasteiger charge is -2.21. The first kappa shape index (κ1) is 11.5. The summed E-state index contributed by atoms with van der Waals surface area (Å²) in [5.74, 6) is 0.657. The van der Waals surface area contributed by atoms with Gasteiger partial charge in [-0.15, -0.1) is 0 Å². The Morgan fingerprint density at radius 3 is 2.75 bits per heavy atom. The lowest BCUT2D eigenvalue weighted by molar-refractivity contribution is -0.107. The maximum Gasteiger partial charge on any atom is 0.214 e. The third-order valence-electron chi connectivity index (χ3n) is 3.20. The Kier molecular flexibility index (Phi) is 3.83. The average molecular weight is 238 g/mol. The van der Waals surface area contributed by atoms with Gasteiger partial charge in [-0.2, -0.15) is 0 Å². The lowest BCUT2D eigenvalue weighted by Crippen LogP contribution is -2.26. The standard InChI is InChI=1S/C13H16ClNO/c14-12-6-3-7-13(8-12)15(10-16)9-11-4-1-2-5-11/h3,6-8,10-11H,1-2,4-5,9H2. The number of carbonyl (C=O) groups is 1. The van der Waals surface area contributed by atoms with E-state index in [1.807, 2.05) is 24.3 Å². The van der Waals surface area contributed by atoms with Crippen LogP contribution in [0.2, 0.25) is 5.02 Å². The zero-order chi connectivity index (χ0) is 11.4. The first-order chi connectivity index (χ1) is 7.79. The van der Waals surface area contributed by atoms with Crippen LogP contribution in [0.25, 0.3) is 0 Å². The molecule has 0 radical (unpaired) electrons. The Hall–Kier alpha value is -1.02. The first-order valence-corrected chi connectivity index (χ1v) is 6.15. The maximum atomic E-state index is 11.1. The molecule has 0 spiro atoms. The summed E-state index contributed by atoms with van der Waals surface area (Å²) in [6.07, 6.45) is 5.99. The molecule has 1 fully saturated rings. The Bertz CT molecular complexity index is 361. The van der Waals surface area contributed by atoms with Crippen molar-refractivity contribution in [2.75, 3.05) is 11.4 Å². The Morgan fingerprint density at radius 1 is 1.38 bits per heavy atom. The van der Waals surface area contributed by atoms with Crippen molar-refractivity contribution in [3.05, 3.63) is 29.3 Å². The summed E-state index contributed by atoms with van der Waals surface area (Å²) in [4.78, 5) is 12.9. The van der Waals surface area contributed by atoms with Crippen molar-refractivity contribution in [2.24, 2.45) is 5.92 Å². The fourth-order valence-corrected chi connectivity index (χ4v) is 2.52. The Balaban J connectivity index is 2.06. The van der Waals surface area contributed by atoms with Gasteiger partial charge in [-0.1, -0.05) is 30.5 Å². The number of nitrogens with zero attached hydrogens (tertiary/aromatic N) is 1. The minimum Gasteiger partial charge on any atom is -0.315 e. The van der Waals surface area contributed by atoms with Crippen LogP contribution in [0, 0.1) is 5.92 Å². The van der Waals surface area contributed by atoms with Gasteiger partial charge in [0.2, 0.25) is 6.41 Å². The molecule has 86 valence electrons. The molecule has 2 nitrogen and oxygen atoms in total. The number of halogens is 1. The first-order valence-electron chi connectivity index (χ1n) is 5.77. The van der Waals surface area contributed by atoms with Gasteiger partial charge in [0.15, 0.2) is 0 Å². The summed E-state index contributed by atoms with van der Waals surface area (Å²) in [6.45, 7) is 0.823. The molecule has 0 heterocycles. The van der Waals surface area contributed by atoms with Gasteiger partial charge in [0.25, 0.3) is 0 Å². The molecule has 0 atom stereocenters. The Morgan fingerprint density at radius 2 is 2.12 bits per heavy atom. The van der Waals surface area contributed by atoms with Crippen LogP contribution in [0.5, 0.6) is 0 Å². The SMILES string of the molecule is O=CN(CC1CCCC1)c1cccc(Cl)c1. The van der Waals surface area contributed by atoms with Crippen LogP contribution in [0.3, 0.4) is 0 Å². The number of carbonyl (C=O) groups excluding carboxylic acids is 1. The van der Waals surface area contributed by atoms with E-state index in [1.54, 1.807) is 4.90 Å². The van der Waals surface area contributed by atoms with E-state index in [-0.39, 0.29) is 0 Å². The summed E-state index contributed by atoms with van der Waals surface area (Å²) in [7, 11) is 0. The van der Waals surface area contributed by atoms with E-state index in [0.29, 0.717) is 10.9 Å². The van der Waals surface area contributed by atoms with Crippen LogP contribution >= 0.6 is 11.6 Å². The molecular formula is C13H16ClNO. The molecule has 1 aromatic rings. The van der Waals surface area contributed by atoms with Crippen LogP contribution in [0.15, 0.2) is 24.3 Å². The fourth-order valence-electron chi connectivity index (χ4n) is 2.34. The molecule has 0 unspecified atom stereocenters. The van der Waals surface area contributed by atoms with Crippen molar-refractivity contribution < 1.29 is 4.79 Å². The second-order valence-electron chi connectivity index (χ2n) is 4.39. The predicted molar refractivity (Wildman–Crippen MR) is 66.8 cm³/mol. The van der Waals surface area contributed by atoms with Crippen LogP contribution < -0.4 is 4.90 Å². The highest BCUT2D eigenvalue weighted by atomic mass is 35.5. The van der Waals surface area contributed by atoms with Crippen molar-refractivity contribution in [3.63, 3.8) is 0 Å². The molecule has 0 N–H and O–H groups in total. The predicted octanol–water partition coefficient (Wildman–Crippen LogP) is 3.49. The van der Waals surface area contributed by atoms with E-state index >= 15 is 0 Å². The van der Waals surface area contributed by atoms with E-state index < -0.39 is 0 Å². The molecule has 0 saturated heterocycles. The molecule has 0 aliphatic heterocycles. The normalized spacial score (nSPS) is 16.3. The van der Waals surface area contributed by atoms with Crippen LogP contribution in [-0.2, 0) is 4.79 Å². The molecule has 0 bridgehead atoms. The van der Waals surface area contributed by atoms with E-state index in [9.17, 15) is 4.79 Å². The van der Waals surface area contributed by atoms with Crippen LogP contribution in [0.4, 0.5) is 5.69 Å². The van der Waals surface area contributed by atoms with Gasteiger partial charge >= 0.3 is 0 Å². The third kappa shape index (κ3) is 2.76. The second-order valence-corrected chi connectivity index (χ2v) is 4.82. The smallest absolute Gasteiger partial charge is 0.214 e. The van der Waals surface area contributed by atoms with E-state index in [1.165, 1.54) is 25.7 Å². The highest BCUT2D eigenvalue weighted by Gasteiger charge is 2.18. The highest BCUT2D eigenvalue weighted by molar-refractivity contribution is 6.30. The van der Waals surface area contributed by atoms with Crippen LogP contribution in [-0.4, -0.2) is 13.0 Å². The number of hydrogen-bond acceptors (Lipinski definition) is 1. The summed E-state index contributed by atoms with van der Waals surface area (Å²) < 4.78 is 0.